The van der Waals surface area contributed by atoms with Gasteiger partial charge < -0.3 is 14.2 Å². The maximum Gasteiger partial charge on any atom is 0.179 e. The van der Waals surface area contributed by atoms with E-state index in [0.717, 1.165) is 56.1 Å². The lowest BCUT2D eigenvalue weighted by atomic mass is 10.1. The maximum absolute atomic E-state index is 6.31. The van der Waals surface area contributed by atoms with E-state index in [-0.39, 0.29) is 0 Å². The molecular formula is C60H42N2OSSi. The minimum absolute atomic E-state index is 0.879. The summed E-state index contributed by atoms with van der Waals surface area (Å²) in [5.74, 6) is 0. The second kappa shape index (κ2) is 16.3. The number of fused-ring (bicyclic) bond motifs is 6. The zero-order chi connectivity index (χ0) is 43.2. The Hall–Kier alpha value is -7.96. The molecule has 0 aliphatic rings. The fraction of sp³-hybridized carbons (Fsp3) is 0. The predicted molar refractivity (Wildman–Crippen MR) is 280 cm³/mol. The van der Waals surface area contributed by atoms with Crippen molar-refractivity contribution in [1.82, 2.24) is 0 Å². The number of anilines is 6. The summed E-state index contributed by atoms with van der Waals surface area (Å²) in [4.78, 5) is 4.81. The summed E-state index contributed by atoms with van der Waals surface area (Å²) >= 11 is 1.85. The normalized spacial score (nSPS) is 11.7. The van der Waals surface area contributed by atoms with Gasteiger partial charge in [0.25, 0.3) is 0 Å². The van der Waals surface area contributed by atoms with Crippen molar-refractivity contribution in [1.29, 1.82) is 0 Å². The van der Waals surface area contributed by atoms with Crippen LogP contribution >= 0.6 is 11.3 Å². The van der Waals surface area contributed by atoms with E-state index in [1.807, 2.05) is 23.5 Å². The molecule has 0 unspecified atom stereocenters. The lowest BCUT2D eigenvalue weighted by Crippen LogP contribution is -2.74. The van der Waals surface area contributed by atoms with Gasteiger partial charge in [0.2, 0.25) is 0 Å². The van der Waals surface area contributed by atoms with Crippen molar-refractivity contribution in [2.45, 2.75) is 0 Å². The van der Waals surface area contributed by atoms with Gasteiger partial charge in [0.05, 0.1) is 0 Å². The fourth-order valence-corrected chi connectivity index (χ4v) is 15.8. The van der Waals surface area contributed by atoms with Crippen LogP contribution in [0.25, 0.3) is 42.1 Å². The van der Waals surface area contributed by atoms with Crippen molar-refractivity contribution in [2.24, 2.45) is 0 Å². The summed E-state index contributed by atoms with van der Waals surface area (Å²) < 4.78 is 8.90. The Morgan fingerprint density at radius 2 is 0.692 bits per heavy atom. The first-order valence-corrected chi connectivity index (χ1v) is 24.9. The number of hydrogen-bond acceptors (Lipinski definition) is 4. The fourth-order valence-electron chi connectivity index (χ4n) is 9.89. The second-order valence-corrected chi connectivity index (χ2v) is 21.4. The molecule has 0 fully saturated rings. The number of furan rings is 1. The van der Waals surface area contributed by atoms with E-state index in [1.54, 1.807) is 0 Å². The minimum Gasteiger partial charge on any atom is -0.456 e. The molecule has 5 heteroatoms. The highest BCUT2D eigenvalue weighted by atomic mass is 32.1. The summed E-state index contributed by atoms with van der Waals surface area (Å²) in [6.07, 6.45) is 0. The topological polar surface area (TPSA) is 19.6 Å². The maximum atomic E-state index is 6.31. The van der Waals surface area contributed by atoms with Crippen molar-refractivity contribution in [3.8, 4) is 0 Å². The summed E-state index contributed by atoms with van der Waals surface area (Å²) in [6.45, 7) is 0. The summed E-state index contributed by atoms with van der Waals surface area (Å²) in [5, 5.41) is 9.99. The molecule has 2 heterocycles. The van der Waals surface area contributed by atoms with Gasteiger partial charge in [-0.2, -0.15) is 0 Å². The molecule has 0 aliphatic heterocycles. The average molecular weight is 867 g/mol. The standard InChI is InChI=1S/C60H42N2OSSi/c1-5-19-43(20-6-1)61(47-35-37-58-55(41-47)53-31-13-15-33-57(53)63-58)45-23-17-29-51(39-45)65(49-25-9-3-10-26-49,50-27-11-4-12-28-50)52-30-18-24-46(40-52)62(44-21-7-2-8-22-44)48-36-38-60-56(42-48)54-32-14-16-34-59(54)64-60/h1-42H. The number of nitrogens with zero attached hydrogens (tertiary/aromatic N) is 2. The third-order valence-electron chi connectivity index (χ3n) is 12.8. The van der Waals surface area contributed by atoms with Crippen molar-refractivity contribution in [3.63, 3.8) is 0 Å². The van der Waals surface area contributed by atoms with Crippen LogP contribution in [-0.4, -0.2) is 8.07 Å². The lowest BCUT2D eigenvalue weighted by molar-refractivity contribution is 0.669. The third kappa shape index (κ3) is 6.72. The SMILES string of the molecule is c1ccc(N(c2cccc([Si](c3ccccc3)(c3ccccc3)c3cccc(N(c4ccccc4)c4ccc5sc6ccccc6c5c4)c3)c2)c2ccc3oc4ccccc4c3c2)cc1. The van der Waals surface area contributed by atoms with Gasteiger partial charge in [0.1, 0.15) is 11.2 Å². The number of hydrogen-bond donors (Lipinski definition) is 0. The molecule has 0 aliphatic carbocycles. The largest absolute Gasteiger partial charge is 0.456 e. The van der Waals surface area contributed by atoms with E-state index in [0.29, 0.717) is 0 Å². The number of rotatable bonds is 10. The molecule has 10 aromatic carbocycles. The molecule has 12 rings (SSSR count). The smallest absolute Gasteiger partial charge is 0.179 e. The zero-order valence-electron chi connectivity index (χ0n) is 35.5. The summed E-state index contributed by atoms with van der Waals surface area (Å²) in [7, 11) is -3.06. The number of benzene rings is 10. The summed E-state index contributed by atoms with van der Waals surface area (Å²) in [6, 6.07) is 93.2. The van der Waals surface area contributed by atoms with Crippen LogP contribution in [0.5, 0.6) is 0 Å². The van der Waals surface area contributed by atoms with E-state index < -0.39 is 8.07 Å². The average Bonchev–Trinajstić information content (AvgIpc) is 3.94. The highest BCUT2D eigenvalue weighted by Crippen LogP contribution is 2.41. The predicted octanol–water partition coefficient (Wildman–Crippen LogP) is 14.3. The van der Waals surface area contributed by atoms with Crippen LogP contribution < -0.4 is 30.5 Å². The van der Waals surface area contributed by atoms with Crippen molar-refractivity contribution >= 4 is 116 Å². The van der Waals surface area contributed by atoms with E-state index >= 15 is 0 Å². The highest BCUT2D eigenvalue weighted by Gasteiger charge is 2.42. The molecule has 0 bridgehead atoms. The van der Waals surface area contributed by atoms with Gasteiger partial charge >= 0.3 is 0 Å². The van der Waals surface area contributed by atoms with E-state index in [2.05, 4.69) is 252 Å². The molecule has 2 aromatic heterocycles. The second-order valence-electron chi connectivity index (χ2n) is 16.5. The molecule has 0 atom stereocenters. The molecule has 0 spiro atoms. The van der Waals surface area contributed by atoms with Crippen LogP contribution in [-0.2, 0) is 0 Å². The molecule has 0 radical (unpaired) electrons. The number of thiophene rings is 1. The lowest BCUT2D eigenvalue weighted by Gasteiger charge is -2.36. The first-order chi connectivity index (χ1) is 32.2. The monoisotopic (exact) mass is 866 g/mol. The Morgan fingerprint density at radius 1 is 0.277 bits per heavy atom. The van der Waals surface area contributed by atoms with Gasteiger partial charge in [-0.1, -0.05) is 158 Å². The number of para-hydroxylation sites is 3. The van der Waals surface area contributed by atoms with Crippen LogP contribution in [0.15, 0.2) is 259 Å². The highest BCUT2D eigenvalue weighted by molar-refractivity contribution is 7.25. The van der Waals surface area contributed by atoms with Crippen LogP contribution in [0, 0.1) is 0 Å². The van der Waals surface area contributed by atoms with E-state index in [4.69, 9.17) is 4.42 Å². The van der Waals surface area contributed by atoms with Gasteiger partial charge in [-0.25, -0.2) is 0 Å². The Labute approximate surface area is 383 Å². The molecule has 3 nitrogen and oxygen atoms in total. The van der Waals surface area contributed by atoms with Crippen molar-refractivity contribution in [2.75, 3.05) is 9.80 Å². The Bertz CT molecular complexity index is 3380. The van der Waals surface area contributed by atoms with E-state index in [9.17, 15) is 0 Å². The van der Waals surface area contributed by atoms with Crippen LogP contribution in [0.2, 0.25) is 0 Å². The van der Waals surface area contributed by atoms with E-state index in [1.165, 1.54) is 40.9 Å². The Kier molecular flexibility index (Phi) is 9.70. The molecule has 308 valence electrons. The van der Waals surface area contributed by atoms with Gasteiger partial charge in [-0.05, 0) is 118 Å². The first-order valence-electron chi connectivity index (χ1n) is 22.1. The first kappa shape index (κ1) is 38.7. The van der Waals surface area contributed by atoms with Crippen LogP contribution in [0.3, 0.4) is 0 Å². The zero-order valence-corrected chi connectivity index (χ0v) is 37.3. The van der Waals surface area contributed by atoms with Crippen molar-refractivity contribution in [3.05, 3.63) is 255 Å². The van der Waals surface area contributed by atoms with Gasteiger partial charge in [0.15, 0.2) is 8.07 Å². The molecule has 0 N–H and O–H groups in total. The summed E-state index contributed by atoms with van der Waals surface area (Å²) in [5.41, 5.74) is 8.35. The molecule has 0 amide bonds. The van der Waals surface area contributed by atoms with Crippen LogP contribution in [0.1, 0.15) is 0 Å². The molecule has 12 aromatic rings. The minimum atomic E-state index is -3.06. The Balaban J connectivity index is 1.08. The van der Waals surface area contributed by atoms with Crippen molar-refractivity contribution < 1.29 is 4.42 Å². The molecule has 0 saturated carbocycles. The molecule has 65 heavy (non-hydrogen) atoms. The molecular weight excluding hydrogens is 825 g/mol. The van der Waals surface area contributed by atoms with Crippen LogP contribution in [0.4, 0.5) is 34.1 Å². The Morgan fingerprint density at radius 3 is 1.29 bits per heavy atom. The van der Waals surface area contributed by atoms with Gasteiger partial charge in [-0.15, -0.1) is 11.3 Å². The van der Waals surface area contributed by atoms with Gasteiger partial charge in [0, 0.05) is 65.1 Å². The molecule has 0 saturated heterocycles. The quantitative estimate of drug-likeness (QED) is 0.101. The van der Waals surface area contributed by atoms with Gasteiger partial charge in [-0.3, -0.25) is 0 Å². The third-order valence-corrected chi connectivity index (χ3v) is 18.7.